The van der Waals surface area contributed by atoms with Crippen LogP contribution in [0.2, 0.25) is 0 Å². The first-order valence-electron chi connectivity index (χ1n) is 7.91. The van der Waals surface area contributed by atoms with Gasteiger partial charge in [0.1, 0.15) is 11.6 Å². The van der Waals surface area contributed by atoms with Crippen LogP contribution >= 0.6 is 11.3 Å². The fourth-order valence-corrected chi connectivity index (χ4v) is 5.47. The van der Waals surface area contributed by atoms with E-state index in [4.69, 9.17) is 0 Å². The topological polar surface area (TPSA) is 46.2 Å². The average Bonchev–Trinajstić information content (AvgIpc) is 3.08. The highest BCUT2D eigenvalue weighted by Gasteiger charge is 2.36. The van der Waals surface area contributed by atoms with Crippen molar-refractivity contribution in [2.45, 2.75) is 42.4 Å². The van der Waals surface area contributed by atoms with E-state index in [1.165, 1.54) is 0 Å². The molecule has 0 aliphatic heterocycles. The summed E-state index contributed by atoms with van der Waals surface area (Å²) >= 11 is 1.62. The fourth-order valence-electron chi connectivity index (χ4n) is 3.32. The van der Waals surface area contributed by atoms with Crippen LogP contribution in [0, 0.1) is 11.6 Å². The Balaban J connectivity index is 1.84. The second-order valence-corrected chi connectivity index (χ2v) is 8.96. The molecule has 2 aromatic rings. The zero-order valence-electron chi connectivity index (χ0n) is 13.1. The van der Waals surface area contributed by atoms with Crippen molar-refractivity contribution in [3.05, 3.63) is 52.2 Å². The lowest BCUT2D eigenvalue weighted by Crippen LogP contribution is -2.41. The van der Waals surface area contributed by atoms with Crippen LogP contribution in [0.4, 0.5) is 8.78 Å². The van der Waals surface area contributed by atoms with Crippen molar-refractivity contribution < 1.29 is 17.2 Å². The molecule has 0 amide bonds. The number of halogens is 2. The van der Waals surface area contributed by atoms with Gasteiger partial charge in [-0.3, -0.25) is 0 Å². The molecule has 1 saturated carbocycles. The molecule has 1 N–H and O–H groups in total. The molecule has 1 aliphatic rings. The number of hydrogen-bond donors (Lipinski definition) is 1. The van der Waals surface area contributed by atoms with Crippen molar-refractivity contribution in [3.63, 3.8) is 0 Å². The Kier molecular flexibility index (Phi) is 5.03. The molecular weight excluding hydrogens is 352 g/mol. The summed E-state index contributed by atoms with van der Waals surface area (Å²) in [6, 6.07) is 6.33. The van der Waals surface area contributed by atoms with E-state index < -0.39 is 21.7 Å². The van der Waals surface area contributed by atoms with Crippen LogP contribution in [0.25, 0.3) is 0 Å². The molecule has 3 nitrogen and oxygen atoms in total. The average molecular weight is 371 g/mol. The van der Waals surface area contributed by atoms with Gasteiger partial charge in [-0.05, 0) is 36.4 Å². The van der Waals surface area contributed by atoms with Gasteiger partial charge in [-0.2, -0.15) is 0 Å². The maximum absolute atomic E-state index is 13.3. The van der Waals surface area contributed by atoms with E-state index in [0.717, 1.165) is 49.1 Å². The van der Waals surface area contributed by atoms with Crippen LogP contribution in [0.1, 0.15) is 37.0 Å². The van der Waals surface area contributed by atoms with Crippen molar-refractivity contribution in [1.82, 2.24) is 4.72 Å². The van der Waals surface area contributed by atoms with Gasteiger partial charge >= 0.3 is 0 Å². The zero-order chi connectivity index (χ0) is 17.2. The van der Waals surface area contributed by atoms with Gasteiger partial charge in [-0.15, -0.1) is 11.3 Å². The second kappa shape index (κ2) is 6.90. The Hall–Kier alpha value is -1.31. The van der Waals surface area contributed by atoms with E-state index in [1.807, 2.05) is 17.5 Å². The van der Waals surface area contributed by atoms with Crippen molar-refractivity contribution in [1.29, 1.82) is 0 Å². The molecule has 7 heteroatoms. The van der Waals surface area contributed by atoms with Gasteiger partial charge in [0.25, 0.3) is 0 Å². The fraction of sp³-hybridized carbons (Fsp3) is 0.412. The number of sulfonamides is 1. The van der Waals surface area contributed by atoms with Crippen LogP contribution in [-0.2, 0) is 15.4 Å². The quantitative estimate of drug-likeness (QED) is 0.856. The summed E-state index contributed by atoms with van der Waals surface area (Å²) < 4.78 is 54.1. The minimum absolute atomic E-state index is 0.231. The van der Waals surface area contributed by atoms with Gasteiger partial charge in [-0.1, -0.05) is 25.3 Å². The normalized spacial score (nSPS) is 17.8. The smallest absolute Gasteiger partial charge is 0.210 e. The Morgan fingerprint density at radius 2 is 1.75 bits per heavy atom. The summed E-state index contributed by atoms with van der Waals surface area (Å²) in [6.45, 7) is 0.244. The van der Waals surface area contributed by atoms with Gasteiger partial charge < -0.3 is 0 Å². The molecule has 3 rings (SSSR count). The number of thiophene rings is 1. The third kappa shape index (κ3) is 3.68. The van der Waals surface area contributed by atoms with Gasteiger partial charge in [0.2, 0.25) is 10.0 Å². The van der Waals surface area contributed by atoms with Gasteiger partial charge in [-0.25, -0.2) is 21.9 Å². The first-order chi connectivity index (χ1) is 11.4. The van der Waals surface area contributed by atoms with E-state index in [2.05, 4.69) is 4.72 Å². The van der Waals surface area contributed by atoms with Gasteiger partial charge in [0, 0.05) is 22.9 Å². The molecule has 24 heavy (non-hydrogen) atoms. The first-order valence-corrected chi connectivity index (χ1v) is 10.3. The predicted molar refractivity (Wildman–Crippen MR) is 90.6 cm³/mol. The number of rotatable bonds is 5. The lowest BCUT2D eigenvalue weighted by molar-refractivity contribution is 0.298. The summed E-state index contributed by atoms with van der Waals surface area (Å²) in [5.74, 6) is -1.80. The SMILES string of the molecule is O=S(=O)(NCC1(c2cccs2)CCCCC1)c1cc(F)cc(F)c1. The third-order valence-electron chi connectivity index (χ3n) is 4.60. The molecule has 0 spiro atoms. The largest absolute Gasteiger partial charge is 0.240 e. The lowest BCUT2D eigenvalue weighted by atomic mass is 9.73. The minimum Gasteiger partial charge on any atom is -0.210 e. The van der Waals surface area contributed by atoms with E-state index in [-0.39, 0.29) is 16.9 Å². The predicted octanol–water partition coefficient (Wildman–Crippen LogP) is 4.21. The van der Waals surface area contributed by atoms with Crippen molar-refractivity contribution in [3.8, 4) is 0 Å². The van der Waals surface area contributed by atoms with E-state index in [1.54, 1.807) is 11.3 Å². The van der Waals surface area contributed by atoms with Crippen LogP contribution < -0.4 is 4.72 Å². The van der Waals surface area contributed by atoms with E-state index in [0.29, 0.717) is 6.07 Å². The molecule has 1 fully saturated rings. The summed E-state index contributed by atoms with van der Waals surface area (Å²) in [4.78, 5) is 0.785. The van der Waals surface area contributed by atoms with Crippen LogP contribution in [0.15, 0.2) is 40.6 Å². The van der Waals surface area contributed by atoms with Crippen LogP contribution in [0.3, 0.4) is 0 Å². The number of nitrogens with one attached hydrogen (secondary N) is 1. The summed E-state index contributed by atoms with van der Waals surface area (Å²) in [5, 5.41) is 1.99. The van der Waals surface area contributed by atoms with E-state index in [9.17, 15) is 17.2 Å². The lowest BCUT2D eigenvalue weighted by Gasteiger charge is -2.36. The Morgan fingerprint density at radius 3 is 2.33 bits per heavy atom. The Morgan fingerprint density at radius 1 is 1.08 bits per heavy atom. The number of hydrogen-bond acceptors (Lipinski definition) is 3. The van der Waals surface area contributed by atoms with E-state index >= 15 is 0 Å². The van der Waals surface area contributed by atoms with Gasteiger partial charge in [0.15, 0.2) is 0 Å². The summed E-state index contributed by atoms with van der Waals surface area (Å²) in [5.41, 5.74) is -0.231. The Labute approximate surface area is 144 Å². The Bertz CT molecular complexity index is 778. The third-order valence-corrected chi connectivity index (χ3v) is 7.10. The van der Waals surface area contributed by atoms with Crippen molar-refractivity contribution >= 4 is 21.4 Å². The molecule has 1 aliphatic carbocycles. The molecule has 0 radical (unpaired) electrons. The first kappa shape index (κ1) is 17.5. The monoisotopic (exact) mass is 371 g/mol. The molecule has 1 aromatic heterocycles. The molecule has 130 valence electrons. The molecular formula is C17H19F2NO2S2. The highest BCUT2D eigenvalue weighted by atomic mass is 32.2. The minimum atomic E-state index is -3.96. The maximum Gasteiger partial charge on any atom is 0.240 e. The second-order valence-electron chi connectivity index (χ2n) is 6.25. The molecule has 0 bridgehead atoms. The molecule has 0 saturated heterocycles. The van der Waals surface area contributed by atoms with Crippen LogP contribution in [-0.4, -0.2) is 15.0 Å². The van der Waals surface area contributed by atoms with Crippen molar-refractivity contribution in [2.75, 3.05) is 6.54 Å². The number of benzene rings is 1. The molecule has 0 atom stereocenters. The zero-order valence-corrected chi connectivity index (χ0v) is 14.7. The molecule has 1 heterocycles. The van der Waals surface area contributed by atoms with Gasteiger partial charge in [0.05, 0.1) is 4.90 Å². The highest BCUT2D eigenvalue weighted by molar-refractivity contribution is 7.89. The maximum atomic E-state index is 13.3. The standard InChI is InChI=1S/C17H19F2NO2S2/c18-13-9-14(19)11-15(10-13)24(21,22)20-12-17(6-2-1-3-7-17)16-5-4-8-23-16/h4-5,8-11,20H,1-3,6-7,12H2. The summed E-state index contributed by atoms with van der Waals surface area (Å²) in [7, 11) is -3.96. The molecule has 1 aromatic carbocycles. The molecule has 0 unspecified atom stereocenters. The highest BCUT2D eigenvalue weighted by Crippen LogP contribution is 2.41. The van der Waals surface area contributed by atoms with Crippen LogP contribution in [0.5, 0.6) is 0 Å². The summed E-state index contributed by atoms with van der Waals surface area (Å²) in [6.07, 6.45) is 5.07. The van der Waals surface area contributed by atoms with Crippen molar-refractivity contribution in [2.24, 2.45) is 0 Å².